The van der Waals surface area contributed by atoms with Crippen molar-refractivity contribution in [3.63, 3.8) is 0 Å². The summed E-state index contributed by atoms with van der Waals surface area (Å²) >= 11 is 0. The largest absolute Gasteiger partial charge is 0.368 e. The lowest BCUT2D eigenvalue weighted by atomic mass is 10.1. The van der Waals surface area contributed by atoms with E-state index in [9.17, 15) is 9.59 Å². The molecule has 12 heavy (non-hydrogen) atoms. The van der Waals surface area contributed by atoms with Gasteiger partial charge in [0.1, 0.15) is 0 Å². The lowest BCUT2D eigenvalue weighted by molar-refractivity contribution is -0.126. The van der Waals surface area contributed by atoms with Crippen LogP contribution in [0.4, 0.5) is 0 Å². The van der Waals surface area contributed by atoms with Crippen LogP contribution in [-0.2, 0) is 9.59 Å². The molecule has 1 atom stereocenters. The molecule has 3 N–H and O–H groups in total. The molecule has 1 aliphatic carbocycles. The molecule has 2 amide bonds. The van der Waals surface area contributed by atoms with Crippen LogP contribution in [0.5, 0.6) is 0 Å². The Labute approximate surface area is 71.5 Å². The highest BCUT2D eigenvalue weighted by atomic mass is 16.2. The first-order chi connectivity index (χ1) is 5.43. The van der Waals surface area contributed by atoms with Crippen molar-refractivity contribution in [2.45, 2.75) is 20.3 Å². The molecule has 0 aliphatic heterocycles. The second-order valence-electron chi connectivity index (χ2n) is 3.93. The molecule has 68 valence electrons. The molecule has 4 heteroatoms. The molecular weight excluding hydrogens is 156 g/mol. The van der Waals surface area contributed by atoms with Crippen molar-refractivity contribution in [2.75, 3.05) is 6.54 Å². The van der Waals surface area contributed by atoms with Crippen LogP contribution in [0.3, 0.4) is 0 Å². The van der Waals surface area contributed by atoms with E-state index >= 15 is 0 Å². The van der Waals surface area contributed by atoms with Crippen LogP contribution >= 0.6 is 0 Å². The molecule has 0 aromatic carbocycles. The molecule has 1 rings (SSSR count). The van der Waals surface area contributed by atoms with Crippen molar-refractivity contribution < 1.29 is 9.59 Å². The summed E-state index contributed by atoms with van der Waals surface area (Å²) in [6.45, 7) is 4.01. The van der Waals surface area contributed by atoms with Crippen LogP contribution < -0.4 is 11.1 Å². The Balaban J connectivity index is 2.27. The van der Waals surface area contributed by atoms with E-state index < -0.39 is 5.91 Å². The Morgan fingerprint density at radius 2 is 2.08 bits per heavy atom. The van der Waals surface area contributed by atoms with Gasteiger partial charge in [-0.25, -0.2) is 0 Å². The minimum absolute atomic E-state index is 0.0502. The molecule has 4 nitrogen and oxygen atoms in total. The first kappa shape index (κ1) is 9.03. The Kier molecular flexibility index (Phi) is 2.08. The van der Waals surface area contributed by atoms with Crippen molar-refractivity contribution >= 4 is 11.8 Å². The zero-order valence-corrected chi connectivity index (χ0v) is 7.39. The highest BCUT2D eigenvalue weighted by Gasteiger charge is 2.50. The maximum atomic E-state index is 11.2. The molecule has 0 unspecified atom stereocenters. The number of hydrogen-bond donors (Lipinski definition) is 2. The minimum atomic E-state index is -0.498. The molecule has 1 saturated carbocycles. The highest BCUT2D eigenvalue weighted by molar-refractivity contribution is 5.87. The van der Waals surface area contributed by atoms with E-state index in [1.54, 1.807) is 0 Å². The van der Waals surface area contributed by atoms with Gasteiger partial charge in [0.25, 0.3) is 0 Å². The normalized spacial score (nSPS) is 24.7. The van der Waals surface area contributed by atoms with E-state index in [1.807, 2.05) is 13.8 Å². The zero-order valence-electron chi connectivity index (χ0n) is 7.39. The summed E-state index contributed by atoms with van der Waals surface area (Å²) in [5, 5.41) is 2.49. The fraction of sp³-hybridized carbons (Fsp3) is 0.750. The summed E-state index contributed by atoms with van der Waals surface area (Å²) in [6, 6.07) is 0. The maximum Gasteiger partial charge on any atom is 0.236 e. The van der Waals surface area contributed by atoms with Crippen LogP contribution in [0.25, 0.3) is 0 Å². The summed E-state index contributed by atoms with van der Waals surface area (Å²) in [5.41, 5.74) is 4.99. The van der Waals surface area contributed by atoms with Gasteiger partial charge in [0.2, 0.25) is 11.8 Å². The molecule has 0 heterocycles. The van der Waals surface area contributed by atoms with Crippen LogP contribution in [0.2, 0.25) is 0 Å². The van der Waals surface area contributed by atoms with Gasteiger partial charge >= 0.3 is 0 Å². The van der Waals surface area contributed by atoms with Crippen LogP contribution in [0.1, 0.15) is 20.3 Å². The Hall–Kier alpha value is -1.06. The summed E-state index contributed by atoms with van der Waals surface area (Å²) in [5.74, 6) is -0.488. The van der Waals surface area contributed by atoms with E-state index in [0.29, 0.717) is 0 Å². The van der Waals surface area contributed by atoms with Crippen LogP contribution in [0, 0.1) is 11.3 Å². The van der Waals surface area contributed by atoms with E-state index in [4.69, 9.17) is 5.73 Å². The van der Waals surface area contributed by atoms with Crippen molar-refractivity contribution in [3.05, 3.63) is 0 Å². The van der Waals surface area contributed by atoms with E-state index in [1.165, 1.54) is 0 Å². The van der Waals surface area contributed by atoms with Crippen LogP contribution in [-0.4, -0.2) is 18.4 Å². The topological polar surface area (TPSA) is 72.2 Å². The number of carbonyl (C=O) groups is 2. The molecular formula is C8H14N2O2. The van der Waals surface area contributed by atoms with Gasteiger partial charge in [-0.3, -0.25) is 9.59 Å². The highest BCUT2D eigenvalue weighted by Crippen LogP contribution is 2.51. The predicted molar refractivity (Wildman–Crippen MR) is 44.1 cm³/mol. The number of hydrogen-bond acceptors (Lipinski definition) is 2. The average molecular weight is 170 g/mol. The lowest BCUT2D eigenvalue weighted by Gasteiger charge is -2.03. The van der Waals surface area contributed by atoms with E-state index in [0.717, 1.165) is 6.42 Å². The zero-order chi connectivity index (χ0) is 9.35. The van der Waals surface area contributed by atoms with Gasteiger partial charge in [-0.15, -0.1) is 0 Å². The fourth-order valence-electron chi connectivity index (χ4n) is 1.21. The number of amides is 2. The number of rotatable bonds is 3. The third kappa shape index (κ3) is 1.96. The van der Waals surface area contributed by atoms with Crippen molar-refractivity contribution in [1.82, 2.24) is 5.32 Å². The maximum absolute atomic E-state index is 11.2. The first-order valence-corrected chi connectivity index (χ1v) is 3.99. The number of nitrogens with two attached hydrogens (primary N) is 1. The summed E-state index contributed by atoms with van der Waals surface area (Å²) in [4.78, 5) is 21.5. The van der Waals surface area contributed by atoms with Crippen molar-refractivity contribution in [1.29, 1.82) is 0 Å². The quantitative estimate of drug-likeness (QED) is 0.606. The second kappa shape index (κ2) is 2.77. The standard InChI is InChI=1S/C8H14N2O2/c1-8(2)3-5(8)7(12)10-4-6(9)11/h5H,3-4H2,1-2H3,(H2,9,11)(H,10,12)/t5-/m1/s1. The third-order valence-corrected chi connectivity index (χ3v) is 2.27. The molecule has 0 aromatic rings. The summed E-state index contributed by atoms with van der Waals surface area (Å²) < 4.78 is 0. The second-order valence-corrected chi connectivity index (χ2v) is 3.93. The molecule has 0 radical (unpaired) electrons. The molecule has 1 aliphatic rings. The predicted octanol–water partition coefficient (Wildman–Crippen LogP) is -0.366. The monoisotopic (exact) mass is 170 g/mol. The SMILES string of the molecule is CC1(C)C[C@@H]1C(=O)NCC(N)=O. The Morgan fingerprint density at radius 1 is 1.58 bits per heavy atom. The van der Waals surface area contributed by atoms with Crippen molar-refractivity contribution in [3.8, 4) is 0 Å². The third-order valence-electron chi connectivity index (χ3n) is 2.27. The lowest BCUT2D eigenvalue weighted by Crippen LogP contribution is -2.34. The molecule has 1 fully saturated rings. The average Bonchev–Trinajstić information content (AvgIpc) is 2.55. The van der Waals surface area contributed by atoms with E-state index in [2.05, 4.69) is 5.32 Å². The smallest absolute Gasteiger partial charge is 0.236 e. The van der Waals surface area contributed by atoms with Crippen molar-refractivity contribution in [2.24, 2.45) is 17.1 Å². The molecule has 0 spiro atoms. The molecule has 0 saturated heterocycles. The first-order valence-electron chi connectivity index (χ1n) is 3.99. The van der Waals surface area contributed by atoms with Gasteiger partial charge in [-0.2, -0.15) is 0 Å². The number of nitrogens with one attached hydrogen (secondary N) is 1. The van der Waals surface area contributed by atoms with Crippen LogP contribution in [0.15, 0.2) is 0 Å². The number of carbonyl (C=O) groups excluding carboxylic acids is 2. The Bertz CT molecular complexity index is 223. The van der Waals surface area contributed by atoms with Gasteiger partial charge < -0.3 is 11.1 Å². The van der Waals surface area contributed by atoms with Gasteiger partial charge in [0.05, 0.1) is 6.54 Å². The van der Waals surface area contributed by atoms with Gasteiger partial charge in [-0.1, -0.05) is 13.8 Å². The summed E-state index contributed by atoms with van der Waals surface area (Å²) in [7, 11) is 0. The molecule has 0 bridgehead atoms. The minimum Gasteiger partial charge on any atom is -0.368 e. The van der Waals surface area contributed by atoms with Gasteiger partial charge in [0, 0.05) is 5.92 Å². The van der Waals surface area contributed by atoms with Gasteiger partial charge in [-0.05, 0) is 11.8 Å². The Morgan fingerprint density at radius 3 is 2.42 bits per heavy atom. The van der Waals surface area contributed by atoms with E-state index in [-0.39, 0.29) is 23.8 Å². The van der Waals surface area contributed by atoms with Gasteiger partial charge in [0.15, 0.2) is 0 Å². The fourth-order valence-corrected chi connectivity index (χ4v) is 1.21. The summed E-state index contributed by atoms with van der Waals surface area (Å²) in [6.07, 6.45) is 0.900. The number of primary amides is 1. The molecule has 0 aromatic heterocycles.